The number of nitrogens with one attached hydrogen (secondary N) is 1. The van der Waals surface area contributed by atoms with Gasteiger partial charge in [-0.2, -0.15) is 0 Å². The molecule has 0 unspecified atom stereocenters. The highest BCUT2D eigenvalue weighted by Crippen LogP contribution is 2.26. The van der Waals surface area contributed by atoms with Crippen molar-refractivity contribution in [3.05, 3.63) is 41.3 Å². The van der Waals surface area contributed by atoms with Crippen LogP contribution in [0.4, 0.5) is 10.7 Å². The third kappa shape index (κ3) is 5.15. The molecule has 0 aliphatic heterocycles. The second kappa shape index (κ2) is 9.57. The van der Waals surface area contributed by atoms with E-state index in [9.17, 15) is 9.59 Å². The second-order valence-corrected chi connectivity index (χ2v) is 7.80. The van der Waals surface area contributed by atoms with Crippen molar-refractivity contribution in [1.82, 2.24) is 10.2 Å². The average Bonchev–Trinajstić information content (AvgIpc) is 3.37. The minimum absolute atomic E-state index is 0.0681. The first-order valence-electron chi connectivity index (χ1n) is 9.00. The standard InChI is InChI=1S/C19H21N5O3S2/c1-3-24(4-2)13-7-5-12(6-8-13)17-22-23-19(27-17)29-11-15(25)21-18-14(16(20)26)9-10-28-18/h5-10H,3-4,11H2,1-2H3,(H2,20,26)(H,21,25). The Morgan fingerprint density at radius 1 is 1.17 bits per heavy atom. The number of thiophene rings is 1. The number of aromatic nitrogens is 2. The van der Waals surface area contributed by atoms with Gasteiger partial charge < -0.3 is 20.4 Å². The van der Waals surface area contributed by atoms with E-state index in [4.69, 9.17) is 10.2 Å². The zero-order valence-electron chi connectivity index (χ0n) is 16.0. The molecule has 2 aromatic heterocycles. The summed E-state index contributed by atoms with van der Waals surface area (Å²) in [6.45, 7) is 6.10. The number of nitrogens with two attached hydrogens (primary N) is 1. The van der Waals surface area contributed by atoms with Gasteiger partial charge in [-0.25, -0.2) is 0 Å². The molecule has 0 radical (unpaired) electrons. The molecule has 8 nitrogen and oxygen atoms in total. The molecule has 0 bridgehead atoms. The van der Waals surface area contributed by atoms with Crippen LogP contribution in [0.5, 0.6) is 0 Å². The van der Waals surface area contributed by atoms with Gasteiger partial charge in [-0.05, 0) is 49.6 Å². The van der Waals surface area contributed by atoms with Crippen LogP contribution in [-0.4, -0.2) is 40.9 Å². The first-order chi connectivity index (χ1) is 14.0. The molecule has 3 N–H and O–H groups in total. The average molecular weight is 432 g/mol. The molecule has 3 aromatic rings. The maximum absolute atomic E-state index is 12.1. The molecule has 2 heterocycles. The largest absolute Gasteiger partial charge is 0.411 e. The number of hydrogen-bond donors (Lipinski definition) is 2. The predicted octanol–water partition coefficient (Wildman–Crippen LogP) is 3.47. The van der Waals surface area contributed by atoms with Crippen LogP contribution in [0.2, 0.25) is 0 Å². The van der Waals surface area contributed by atoms with Crippen molar-refractivity contribution in [2.45, 2.75) is 19.1 Å². The van der Waals surface area contributed by atoms with E-state index in [0.29, 0.717) is 21.7 Å². The fraction of sp³-hybridized carbons (Fsp3) is 0.263. The third-order valence-electron chi connectivity index (χ3n) is 4.16. The van der Waals surface area contributed by atoms with E-state index in [0.717, 1.165) is 36.1 Å². The predicted molar refractivity (Wildman–Crippen MR) is 115 cm³/mol. The van der Waals surface area contributed by atoms with E-state index in [1.54, 1.807) is 11.4 Å². The number of primary amides is 1. The van der Waals surface area contributed by atoms with Gasteiger partial charge in [0, 0.05) is 24.3 Å². The van der Waals surface area contributed by atoms with E-state index < -0.39 is 5.91 Å². The topological polar surface area (TPSA) is 114 Å². The summed E-state index contributed by atoms with van der Waals surface area (Å²) in [7, 11) is 0. The van der Waals surface area contributed by atoms with Crippen molar-refractivity contribution >= 4 is 45.6 Å². The highest BCUT2D eigenvalue weighted by molar-refractivity contribution is 7.99. The van der Waals surface area contributed by atoms with Crippen molar-refractivity contribution in [2.24, 2.45) is 5.73 Å². The van der Waals surface area contributed by atoms with Crippen LogP contribution in [0.25, 0.3) is 11.5 Å². The van der Waals surface area contributed by atoms with Gasteiger partial charge in [0.05, 0.1) is 11.3 Å². The van der Waals surface area contributed by atoms with E-state index in [2.05, 4.69) is 34.3 Å². The lowest BCUT2D eigenvalue weighted by molar-refractivity contribution is -0.113. The van der Waals surface area contributed by atoms with E-state index in [1.165, 1.54) is 11.3 Å². The number of amides is 2. The number of hydrogen-bond acceptors (Lipinski definition) is 8. The number of rotatable bonds is 9. The molecule has 0 atom stereocenters. The zero-order chi connectivity index (χ0) is 20.8. The Hall–Kier alpha value is -2.85. The summed E-state index contributed by atoms with van der Waals surface area (Å²) in [5, 5.41) is 13.1. The lowest BCUT2D eigenvalue weighted by Crippen LogP contribution is -2.21. The van der Waals surface area contributed by atoms with Gasteiger partial charge in [-0.3, -0.25) is 9.59 Å². The molecule has 2 amide bonds. The molecule has 0 aliphatic rings. The lowest BCUT2D eigenvalue weighted by atomic mass is 10.2. The molecule has 152 valence electrons. The maximum atomic E-state index is 12.1. The highest BCUT2D eigenvalue weighted by atomic mass is 32.2. The molecule has 0 spiro atoms. The molecule has 0 saturated heterocycles. The van der Waals surface area contributed by atoms with Gasteiger partial charge in [-0.15, -0.1) is 21.5 Å². The van der Waals surface area contributed by atoms with E-state index in [-0.39, 0.29) is 11.7 Å². The van der Waals surface area contributed by atoms with E-state index in [1.807, 2.05) is 24.3 Å². The van der Waals surface area contributed by atoms with Crippen molar-refractivity contribution in [3.8, 4) is 11.5 Å². The third-order valence-corrected chi connectivity index (χ3v) is 5.81. The number of carbonyl (C=O) groups excluding carboxylic acids is 2. The molecular formula is C19H21N5O3S2. The molecule has 10 heteroatoms. The Bertz CT molecular complexity index is 980. The minimum Gasteiger partial charge on any atom is -0.411 e. The van der Waals surface area contributed by atoms with Crippen molar-refractivity contribution < 1.29 is 14.0 Å². The van der Waals surface area contributed by atoms with Crippen LogP contribution in [-0.2, 0) is 4.79 Å². The monoisotopic (exact) mass is 431 g/mol. The SMILES string of the molecule is CCN(CC)c1ccc(-c2nnc(SCC(=O)Nc3sccc3C(N)=O)o2)cc1. The highest BCUT2D eigenvalue weighted by Gasteiger charge is 2.15. The van der Waals surface area contributed by atoms with Crippen LogP contribution in [0.1, 0.15) is 24.2 Å². The van der Waals surface area contributed by atoms with Crippen molar-refractivity contribution in [2.75, 3.05) is 29.1 Å². The quantitative estimate of drug-likeness (QED) is 0.499. The summed E-state index contributed by atoms with van der Waals surface area (Å²) in [5.41, 5.74) is 7.51. The summed E-state index contributed by atoms with van der Waals surface area (Å²) >= 11 is 2.36. The maximum Gasteiger partial charge on any atom is 0.277 e. The fourth-order valence-electron chi connectivity index (χ4n) is 2.68. The Balaban J connectivity index is 1.58. The van der Waals surface area contributed by atoms with Gasteiger partial charge in [0.15, 0.2) is 0 Å². The van der Waals surface area contributed by atoms with Gasteiger partial charge in [0.2, 0.25) is 11.8 Å². The number of thioether (sulfide) groups is 1. The molecule has 0 saturated carbocycles. The van der Waals surface area contributed by atoms with Gasteiger partial charge >= 0.3 is 0 Å². The Morgan fingerprint density at radius 3 is 2.55 bits per heavy atom. The van der Waals surface area contributed by atoms with Gasteiger partial charge in [0.1, 0.15) is 5.00 Å². The van der Waals surface area contributed by atoms with Gasteiger partial charge in [0.25, 0.3) is 11.1 Å². The number of benzene rings is 1. The summed E-state index contributed by atoms with van der Waals surface area (Å²) in [4.78, 5) is 25.7. The molecular weight excluding hydrogens is 410 g/mol. The van der Waals surface area contributed by atoms with Crippen LogP contribution < -0.4 is 16.0 Å². The first-order valence-corrected chi connectivity index (χ1v) is 10.9. The summed E-state index contributed by atoms with van der Waals surface area (Å²) in [6, 6.07) is 9.48. The van der Waals surface area contributed by atoms with E-state index >= 15 is 0 Å². The Kier molecular flexibility index (Phi) is 6.89. The van der Waals surface area contributed by atoms with Crippen LogP contribution in [0, 0.1) is 0 Å². The normalized spacial score (nSPS) is 10.7. The fourth-order valence-corrected chi connectivity index (χ4v) is 4.05. The number of nitrogens with zero attached hydrogens (tertiary/aromatic N) is 3. The summed E-state index contributed by atoms with van der Waals surface area (Å²) in [6.07, 6.45) is 0. The lowest BCUT2D eigenvalue weighted by Gasteiger charge is -2.20. The second-order valence-electron chi connectivity index (χ2n) is 5.96. The zero-order valence-corrected chi connectivity index (χ0v) is 17.7. The van der Waals surface area contributed by atoms with Crippen LogP contribution in [0.15, 0.2) is 45.4 Å². The first kappa shape index (κ1) is 20.9. The molecule has 0 fully saturated rings. The van der Waals surface area contributed by atoms with Gasteiger partial charge in [-0.1, -0.05) is 11.8 Å². The van der Waals surface area contributed by atoms with Crippen molar-refractivity contribution in [3.63, 3.8) is 0 Å². The minimum atomic E-state index is -0.581. The van der Waals surface area contributed by atoms with Crippen LogP contribution in [0.3, 0.4) is 0 Å². The van der Waals surface area contributed by atoms with Crippen LogP contribution >= 0.6 is 23.1 Å². The summed E-state index contributed by atoms with van der Waals surface area (Å²) < 4.78 is 5.65. The Labute approximate surface area is 176 Å². The molecule has 3 rings (SSSR count). The molecule has 1 aromatic carbocycles. The molecule has 29 heavy (non-hydrogen) atoms. The molecule has 0 aliphatic carbocycles. The smallest absolute Gasteiger partial charge is 0.277 e. The summed E-state index contributed by atoms with van der Waals surface area (Å²) in [5.74, 6) is -0.405. The number of anilines is 2. The Morgan fingerprint density at radius 2 is 1.90 bits per heavy atom. The van der Waals surface area contributed by atoms with Crippen molar-refractivity contribution in [1.29, 1.82) is 0 Å². The number of carbonyl (C=O) groups is 2.